The molecule has 23 heavy (non-hydrogen) atoms. The summed E-state index contributed by atoms with van der Waals surface area (Å²) in [6, 6.07) is 7.21. The predicted octanol–water partition coefficient (Wildman–Crippen LogP) is 1.43. The summed E-state index contributed by atoms with van der Waals surface area (Å²) >= 11 is 1.54. The maximum absolute atomic E-state index is 11.7. The minimum absolute atomic E-state index is 0. The number of halogens is 1. The molecule has 8 heteroatoms. The fourth-order valence-corrected chi connectivity index (χ4v) is 2.73. The van der Waals surface area contributed by atoms with Crippen molar-refractivity contribution in [3.63, 3.8) is 0 Å². The molecule has 0 spiro atoms. The van der Waals surface area contributed by atoms with Gasteiger partial charge >= 0.3 is 0 Å². The third-order valence-corrected chi connectivity index (χ3v) is 4.26. The Hall–Kier alpha value is -1.70. The van der Waals surface area contributed by atoms with E-state index in [1.807, 2.05) is 38.1 Å². The third kappa shape index (κ3) is 5.46. The SMILES string of the molecule is CC(C)[C@H](N)C(=O)NCC(=O)NCc1nc2ccccc2s1.Cl. The number of hydrogen-bond acceptors (Lipinski definition) is 5. The number of thiazole rings is 1. The lowest BCUT2D eigenvalue weighted by Crippen LogP contribution is -2.47. The summed E-state index contributed by atoms with van der Waals surface area (Å²) in [5.74, 6) is -0.542. The van der Waals surface area contributed by atoms with Gasteiger partial charge in [0.15, 0.2) is 0 Å². The van der Waals surface area contributed by atoms with Gasteiger partial charge in [0.2, 0.25) is 11.8 Å². The average Bonchev–Trinajstić information content (AvgIpc) is 2.92. The van der Waals surface area contributed by atoms with E-state index in [9.17, 15) is 9.59 Å². The van der Waals surface area contributed by atoms with Crippen molar-refractivity contribution in [1.82, 2.24) is 15.6 Å². The van der Waals surface area contributed by atoms with Crippen LogP contribution >= 0.6 is 23.7 Å². The lowest BCUT2D eigenvalue weighted by atomic mass is 10.1. The Bertz CT molecular complexity index is 641. The number of nitrogens with zero attached hydrogens (tertiary/aromatic N) is 1. The molecule has 4 N–H and O–H groups in total. The minimum atomic E-state index is -0.600. The maximum atomic E-state index is 11.7. The fraction of sp³-hybridized carbons (Fsp3) is 0.400. The molecule has 126 valence electrons. The second-order valence-corrected chi connectivity index (χ2v) is 6.45. The molecule has 6 nitrogen and oxygen atoms in total. The molecule has 0 saturated carbocycles. The van der Waals surface area contributed by atoms with Crippen LogP contribution in [0.15, 0.2) is 24.3 Å². The topological polar surface area (TPSA) is 97.1 Å². The van der Waals surface area contributed by atoms with Crippen LogP contribution in [0, 0.1) is 5.92 Å². The van der Waals surface area contributed by atoms with Gasteiger partial charge in [-0.2, -0.15) is 0 Å². The number of carbonyl (C=O) groups excluding carboxylic acids is 2. The zero-order chi connectivity index (χ0) is 16.1. The van der Waals surface area contributed by atoms with Crippen molar-refractivity contribution in [2.24, 2.45) is 11.7 Å². The fourth-order valence-electron chi connectivity index (χ4n) is 1.82. The van der Waals surface area contributed by atoms with E-state index >= 15 is 0 Å². The van der Waals surface area contributed by atoms with Crippen LogP contribution < -0.4 is 16.4 Å². The van der Waals surface area contributed by atoms with Gasteiger partial charge in [0, 0.05) is 0 Å². The molecular formula is C15H21ClN4O2S. The van der Waals surface area contributed by atoms with E-state index in [4.69, 9.17) is 5.73 Å². The van der Waals surface area contributed by atoms with Gasteiger partial charge in [0.05, 0.1) is 29.3 Å². The van der Waals surface area contributed by atoms with E-state index in [2.05, 4.69) is 15.6 Å². The van der Waals surface area contributed by atoms with Gasteiger partial charge in [-0.1, -0.05) is 26.0 Å². The zero-order valence-electron chi connectivity index (χ0n) is 13.0. The Morgan fingerprint density at radius 1 is 1.26 bits per heavy atom. The van der Waals surface area contributed by atoms with E-state index in [1.165, 1.54) is 11.3 Å². The van der Waals surface area contributed by atoms with E-state index in [0.717, 1.165) is 15.2 Å². The van der Waals surface area contributed by atoms with E-state index in [-0.39, 0.29) is 36.7 Å². The molecule has 0 aliphatic heterocycles. The smallest absolute Gasteiger partial charge is 0.239 e. The Kier molecular flexibility index (Phi) is 7.41. The second-order valence-electron chi connectivity index (χ2n) is 5.34. The van der Waals surface area contributed by atoms with Crippen LogP contribution in [0.3, 0.4) is 0 Å². The van der Waals surface area contributed by atoms with E-state index in [1.54, 1.807) is 0 Å². The van der Waals surface area contributed by atoms with Crippen molar-refractivity contribution in [1.29, 1.82) is 0 Å². The first-order valence-electron chi connectivity index (χ1n) is 7.12. The molecule has 2 aromatic rings. The minimum Gasteiger partial charge on any atom is -0.348 e. The van der Waals surface area contributed by atoms with Crippen LogP contribution in [0.1, 0.15) is 18.9 Å². The quantitative estimate of drug-likeness (QED) is 0.729. The number of benzene rings is 1. The van der Waals surface area contributed by atoms with Crippen LogP contribution in [0.5, 0.6) is 0 Å². The molecule has 1 aromatic heterocycles. The molecule has 0 aliphatic carbocycles. The molecule has 1 aromatic carbocycles. The van der Waals surface area contributed by atoms with Crippen molar-refractivity contribution in [3.05, 3.63) is 29.3 Å². The molecule has 0 bridgehead atoms. The summed E-state index contributed by atoms with van der Waals surface area (Å²) < 4.78 is 1.09. The molecule has 0 aliphatic rings. The monoisotopic (exact) mass is 356 g/mol. The van der Waals surface area contributed by atoms with Crippen molar-refractivity contribution in [2.45, 2.75) is 26.4 Å². The number of amides is 2. The Morgan fingerprint density at radius 2 is 1.96 bits per heavy atom. The number of rotatable bonds is 6. The van der Waals surface area contributed by atoms with Gasteiger partial charge in [-0.15, -0.1) is 23.7 Å². The first-order valence-corrected chi connectivity index (χ1v) is 7.93. The molecule has 0 radical (unpaired) electrons. The van der Waals surface area contributed by atoms with Gasteiger partial charge in [0.1, 0.15) is 5.01 Å². The Balaban J connectivity index is 0.00000264. The van der Waals surface area contributed by atoms with Gasteiger partial charge in [-0.05, 0) is 18.1 Å². The standard InChI is InChI=1S/C15H20N4O2S.ClH/c1-9(2)14(16)15(21)18-7-12(20)17-8-13-19-10-5-3-4-6-11(10)22-13;/h3-6,9,14H,7-8,16H2,1-2H3,(H,17,20)(H,18,21);1H/t14-;/m0./s1. The maximum Gasteiger partial charge on any atom is 0.239 e. The van der Waals surface area contributed by atoms with Crippen molar-refractivity contribution in [2.75, 3.05) is 6.54 Å². The highest BCUT2D eigenvalue weighted by Crippen LogP contribution is 2.21. The number of nitrogens with two attached hydrogens (primary N) is 1. The lowest BCUT2D eigenvalue weighted by Gasteiger charge is -2.14. The Labute approximate surface area is 145 Å². The molecule has 1 atom stereocenters. The largest absolute Gasteiger partial charge is 0.348 e. The van der Waals surface area contributed by atoms with Crippen LogP contribution in [0.2, 0.25) is 0 Å². The van der Waals surface area contributed by atoms with E-state index < -0.39 is 6.04 Å². The number of fused-ring (bicyclic) bond motifs is 1. The van der Waals surface area contributed by atoms with E-state index in [0.29, 0.717) is 6.54 Å². The van der Waals surface area contributed by atoms with Crippen molar-refractivity contribution < 1.29 is 9.59 Å². The van der Waals surface area contributed by atoms with Crippen LogP contribution in [-0.2, 0) is 16.1 Å². The zero-order valence-corrected chi connectivity index (χ0v) is 14.7. The third-order valence-electron chi connectivity index (χ3n) is 3.22. The summed E-state index contributed by atoms with van der Waals surface area (Å²) in [6.45, 7) is 3.99. The first-order chi connectivity index (χ1) is 10.5. The summed E-state index contributed by atoms with van der Waals surface area (Å²) in [6.07, 6.45) is 0. The number of para-hydroxylation sites is 1. The molecular weight excluding hydrogens is 336 g/mol. The molecule has 0 unspecified atom stereocenters. The van der Waals surface area contributed by atoms with Crippen molar-refractivity contribution in [3.8, 4) is 0 Å². The second kappa shape index (κ2) is 8.81. The summed E-state index contributed by atoms with van der Waals surface area (Å²) in [7, 11) is 0. The molecule has 2 rings (SSSR count). The average molecular weight is 357 g/mol. The number of aromatic nitrogens is 1. The molecule has 1 heterocycles. The summed E-state index contributed by atoms with van der Waals surface area (Å²) in [5.41, 5.74) is 6.63. The van der Waals surface area contributed by atoms with Crippen LogP contribution in [-0.4, -0.2) is 29.4 Å². The van der Waals surface area contributed by atoms with Gasteiger partial charge in [0.25, 0.3) is 0 Å². The van der Waals surface area contributed by atoms with Crippen molar-refractivity contribution >= 4 is 45.8 Å². The van der Waals surface area contributed by atoms with Crippen LogP contribution in [0.25, 0.3) is 10.2 Å². The number of hydrogen-bond donors (Lipinski definition) is 3. The van der Waals surface area contributed by atoms with Gasteiger partial charge in [-0.25, -0.2) is 4.98 Å². The summed E-state index contributed by atoms with van der Waals surface area (Å²) in [5, 5.41) is 6.10. The lowest BCUT2D eigenvalue weighted by molar-refractivity contribution is -0.127. The highest BCUT2D eigenvalue weighted by molar-refractivity contribution is 7.18. The molecule has 0 saturated heterocycles. The van der Waals surface area contributed by atoms with Gasteiger partial charge < -0.3 is 16.4 Å². The van der Waals surface area contributed by atoms with Gasteiger partial charge in [-0.3, -0.25) is 9.59 Å². The number of nitrogens with one attached hydrogen (secondary N) is 2. The number of carbonyl (C=O) groups is 2. The molecule has 0 fully saturated rings. The van der Waals surface area contributed by atoms with Crippen LogP contribution in [0.4, 0.5) is 0 Å². The first kappa shape index (κ1) is 19.3. The Morgan fingerprint density at radius 3 is 2.61 bits per heavy atom. The predicted molar refractivity (Wildman–Crippen MR) is 94.5 cm³/mol. The highest BCUT2D eigenvalue weighted by atomic mass is 35.5. The summed E-state index contributed by atoms with van der Waals surface area (Å²) in [4.78, 5) is 27.8. The normalized spacial score (nSPS) is 11.8. The molecule has 2 amide bonds. The highest BCUT2D eigenvalue weighted by Gasteiger charge is 2.17.